The van der Waals surface area contributed by atoms with Gasteiger partial charge in [0.15, 0.2) is 0 Å². The summed E-state index contributed by atoms with van der Waals surface area (Å²) >= 11 is 5.82. The summed E-state index contributed by atoms with van der Waals surface area (Å²) in [6, 6.07) is 8.95. The molecule has 1 aliphatic heterocycles. The van der Waals surface area contributed by atoms with E-state index in [4.69, 9.17) is 11.6 Å². The maximum Gasteiger partial charge on any atom is 0.244 e. The highest BCUT2D eigenvalue weighted by Crippen LogP contribution is 2.23. The van der Waals surface area contributed by atoms with E-state index in [0.717, 1.165) is 0 Å². The first-order valence-corrected chi connectivity index (χ1v) is 12.9. The van der Waals surface area contributed by atoms with E-state index in [9.17, 15) is 21.6 Å². The van der Waals surface area contributed by atoms with Crippen LogP contribution in [-0.4, -0.2) is 58.2 Å². The third-order valence-corrected chi connectivity index (χ3v) is 8.50. The molecule has 0 radical (unpaired) electrons. The number of aromatic nitrogens is 1. The van der Waals surface area contributed by atoms with Gasteiger partial charge in [-0.3, -0.25) is 9.78 Å². The summed E-state index contributed by atoms with van der Waals surface area (Å²) in [6.07, 6.45) is 3.59. The van der Waals surface area contributed by atoms with E-state index in [1.54, 1.807) is 18.2 Å². The van der Waals surface area contributed by atoms with Crippen molar-refractivity contribution in [2.24, 2.45) is 5.92 Å². The van der Waals surface area contributed by atoms with Crippen LogP contribution in [0.1, 0.15) is 12.8 Å². The van der Waals surface area contributed by atoms with Gasteiger partial charge in [-0.2, -0.15) is 4.31 Å². The summed E-state index contributed by atoms with van der Waals surface area (Å²) in [5.41, 5.74) is 0. The average Bonchev–Trinajstić information content (AvgIpc) is 2.77. The smallest absolute Gasteiger partial charge is 0.244 e. The number of hydrogen-bond donors (Lipinski definition) is 2. The fraction of sp³-hybridized carbons (Fsp3) is 0.368. The Balaban J connectivity index is 1.44. The number of halogens is 1. The molecule has 31 heavy (non-hydrogen) atoms. The number of amides is 1. The van der Waals surface area contributed by atoms with Crippen LogP contribution >= 0.6 is 11.6 Å². The van der Waals surface area contributed by atoms with Crippen molar-refractivity contribution in [3.63, 3.8) is 0 Å². The van der Waals surface area contributed by atoms with Gasteiger partial charge in [0.1, 0.15) is 4.90 Å². The van der Waals surface area contributed by atoms with Crippen molar-refractivity contribution < 1.29 is 21.6 Å². The monoisotopic (exact) mass is 486 g/mol. The number of sulfonamides is 2. The number of hydrogen-bond acceptors (Lipinski definition) is 6. The van der Waals surface area contributed by atoms with E-state index in [0.29, 0.717) is 17.9 Å². The molecule has 1 aromatic heterocycles. The number of piperidine rings is 1. The van der Waals surface area contributed by atoms with E-state index < -0.39 is 20.0 Å². The first-order chi connectivity index (χ1) is 14.7. The molecule has 2 N–H and O–H groups in total. The molecular formula is C19H23ClN4O5S2. The van der Waals surface area contributed by atoms with Crippen molar-refractivity contribution in [1.29, 1.82) is 0 Å². The van der Waals surface area contributed by atoms with Gasteiger partial charge in [0, 0.05) is 49.5 Å². The third kappa shape index (κ3) is 6.01. The zero-order valence-corrected chi connectivity index (χ0v) is 19.0. The Labute approximate surface area is 186 Å². The molecule has 0 atom stereocenters. The SMILES string of the molecule is O=C(NCCNS(=O)(=O)c1cccc(Cl)c1)C1CCN(S(=O)(=O)c2cccnc2)CC1. The van der Waals surface area contributed by atoms with Gasteiger partial charge in [-0.25, -0.2) is 21.6 Å². The van der Waals surface area contributed by atoms with Crippen LogP contribution in [0.3, 0.4) is 0 Å². The van der Waals surface area contributed by atoms with Crippen molar-refractivity contribution in [3.8, 4) is 0 Å². The molecular weight excluding hydrogens is 464 g/mol. The molecule has 9 nitrogen and oxygen atoms in total. The molecule has 2 heterocycles. The highest BCUT2D eigenvalue weighted by atomic mass is 35.5. The Morgan fingerprint density at radius 2 is 1.77 bits per heavy atom. The quantitative estimate of drug-likeness (QED) is 0.540. The third-order valence-electron chi connectivity index (χ3n) is 4.92. The molecule has 0 aliphatic carbocycles. The minimum absolute atomic E-state index is 0.0226. The lowest BCUT2D eigenvalue weighted by Gasteiger charge is -2.30. The summed E-state index contributed by atoms with van der Waals surface area (Å²) in [5.74, 6) is -0.551. The number of nitrogens with one attached hydrogen (secondary N) is 2. The van der Waals surface area contributed by atoms with Gasteiger partial charge in [0.2, 0.25) is 26.0 Å². The summed E-state index contributed by atoms with van der Waals surface area (Å²) < 4.78 is 53.5. The minimum Gasteiger partial charge on any atom is -0.355 e. The second-order valence-corrected chi connectivity index (χ2v) is 11.2. The molecule has 2 aromatic rings. The molecule has 0 spiro atoms. The Kier molecular flexibility index (Phi) is 7.65. The standard InChI is InChI=1S/C19H23ClN4O5S2/c20-16-3-1-4-17(13-16)30(26,27)23-10-9-22-19(25)15-6-11-24(12-7-15)31(28,29)18-5-2-8-21-14-18/h1-5,8,13-15,23H,6-7,9-12H2,(H,22,25). The van der Waals surface area contributed by atoms with Crippen molar-refractivity contribution in [1.82, 2.24) is 19.3 Å². The van der Waals surface area contributed by atoms with Gasteiger partial charge in [-0.15, -0.1) is 0 Å². The molecule has 0 bridgehead atoms. The Morgan fingerprint density at radius 1 is 1.06 bits per heavy atom. The lowest BCUT2D eigenvalue weighted by Crippen LogP contribution is -2.44. The Morgan fingerprint density at radius 3 is 2.42 bits per heavy atom. The molecule has 1 saturated heterocycles. The number of pyridine rings is 1. The maximum atomic E-state index is 12.6. The van der Waals surface area contributed by atoms with Gasteiger partial charge >= 0.3 is 0 Å². The van der Waals surface area contributed by atoms with E-state index in [1.807, 2.05) is 0 Å². The van der Waals surface area contributed by atoms with Gasteiger partial charge in [0.05, 0.1) is 4.90 Å². The predicted octanol–water partition coefficient (Wildman–Crippen LogP) is 1.23. The van der Waals surface area contributed by atoms with Crippen LogP contribution in [0.25, 0.3) is 0 Å². The van der Waals surface area contributed by atoms with Crippen LogP contribution in [0.5, 0.6) is 0 Å². The number of carbonyl (C=O) groups is 1. The molecule has 1 aliphatic rings. The molecule has 1 aromatic carbocycles. The van der Waals surface area contributed by atoms with E-state index in [2.05, 4.69) is 15.0 Å². The first-order valence-electron chi connectivity index (χ1n) is 9.63. The molecule has 0 unspecified atom stereocenters. The molecule has 1 amide bonds. The van der Waals surface area contributed by atoms with Gasteiger partial charge in [0.25, 0.3) is 0 Å². The van der Waals surface area contributed by atoms with E-state index in [1.165, 1.54) is 34.9 Å². The van der Waals surface area contributed by atoms with Gasteiger partial charge < -0.3 is 5.32 Å². The van der Waals surface area contributed by atoms with Crippen molar-refractivity contribution in [2.75, 3.05) is 26.2 Å². The van der Waals surface area contributed by atoms with Crippen LogP contribution in [0.2, 0.25) is 5.02 Å². The zero-order chi connectivity index (χ0) is 22.5. The number of carbonyl (C=O) groups excluding carboxylic acids is 1. The number of benzene rings is 1. The van der Waals surface area contributed by atoms with Crippen LogP contribution < -0.4 is 10.0 Å². The maximum absolute atomic E-state index is 12.6. The Bertz CT molecular complexity index is 1120. The van der Waals surface area contributed by atoms with Crippen LogP contribution in [0.4, 0.5) is 0 Å². The van der Waals surface area contributed by atoms with Crippen molar-refractivity contribution >= 4 is 37.6 Å². The summed E-state index contributed by atoms with van der Waals surface area (Å²) in [6.45, 7) is 0.606. The normalized spacial score (nSPS) is 16.2. The lowest BCUT2D eigenvalue weighted by molar-refractivity contribution is -0.126. The second-order valence-electron chi connectivity index (χ2n) is 7.01. The number of rotatable bonds is 8. The largest absolute Gasteiger partial charge is 0.355 e. The van der Waals surface area contributed by atoms with Gasteiger partial charge in [-0.1, -0.05) is 17.7 Å². The minimum atomic E-state index is -3.72. The molecule has 12 heteroatoms. The number of nitrogens with zero attached hydrogens (tertiary/aromatic N) is 2. The summed E-state index contributed by atoms with van der Waals surface area (Å²) in [5, 5.41) is 3.02. The second kappa shape index (κ2) is 10.0. The van der Waals surface area contributed by atoms with Crippen LogP contribution in [-0.2, 0) is 24.8 Å². The average molecular weight is 487 g/mol. The van der Waals surface area contributed by atoms with E-state index in [-0.39, 0.29) is 47.8 Å². The highest BCUT2D eigenvalue weighted by molar-refractivity contribution is 7.89. The summed E-state index contributed by atoms with van der Waals surface area (Å²) in [7, 11) is -7.34. The van der Waals surface area contributed by atoms with Crippen LogP contribution in [0, 0.1) is 5.92 Å². The topological polar surface area (TPSA) is 126 Å². The fourth-order valence-corrected chi connectivity index (χ4v) is 6.01. The lowest BCUT2D eigenvalue weighted by atomic mass is 9.97. The van der Waals surface area contributed by atoms with Crippen molar-refractivity contribution in [2.45, 2.75) is 22.6 Å². The fourth-order valence-electron chi connectivity index (χ4n) is 3.24. The van der Waals surface area contributed by atoms with Crippen molar-refractivity contribution in [3.05, 3.63) is 53.8 Å². The zero-order valence-electron chi connectivity index (χ0n) is 16.6. The highest BCUT2D eigenvalue weighted by Gasteiger charge is 2.32. The predicted molar refractivity (Wildman–Crippen MR) is 115 cm³/mol. The van der Waals surface area contributed by atoms with Crippen LogP contribution in [0.15, 0.2) is 58.6 Å². The molecule has 0 saturated carbocycles. The van der Waals surface area contributed by atoms with Gasteiger partial charge in [-0.05, 0) is 43.2 Å². The first kappa shape index (κ1) is 23.6. The molecule has 168 valence electrons. The molecule has 3 rings (SSSR count). The summed E-state index contributed by atoms with van der Waals surface area (Å²) in [4.78, 5) is 16.4. The van der Waals surface area contributed by atoms with E-state index >= 15 is 0 Å². The Hall–Kier alpha value is -2.05. The molecule has 1 fully saturated rings.